The van der Waals surface area contributed by atoms with Gasteiger partial charge in [-0.15, -0.1) is 0 Å². The van der Waals surface area contributed by atoms with E-state index in [9.17, 15) is 14.9 Å². The highest BCUT2D eigenvalue weighted by Crippen LogP contribution is 2.26. The SMILES string of the molecule is CCCCNC(=O)C(C#N)=Cc1cn(-c2ccccc2)nc1-c1cc2ccccc2oc1=O. The van der Waals surface area contributed by atoms with Crippen LogP contribution in [0.3, 0.4) is 0 Å². The number of hydrogen-bond acceptors (Lipinski definition) is 5. The van der Waals surface area contributed by atoms with Crippen LogP contribution in [0.4, 0.5) is 0 Å². The Kier molecular flexibility index (Phi) is 6.46. The molecule has 0 spiro atoms. The molecular weight excluding hydrogens is 416 g/mol. The summed E-state index contributed by atoms with van der Waals surface area (Å²) in [6, 6.07) is 20.3. The highest BCUT2D eigenvalue weighted by Gasteiger charge is 2.18. The lowest BCUT2D eigenvalue weighted by Gasteiger charge is -2.03. The molecule has 0 aliphatic rings. The molecule has 2 aromatic carbocycles. The summed E-state index contributed by atoms with van der Waals surface area (Å²) in [5.74, 6) is -0.463. The number of fused-ring (bicyclic) bond motifs is 1. The van der Waals surface area contributed by atoms with Gasteiger partial charge in [0.25, 0.3) is 5.91 Å². The number of carbonyl (C=O) groups excluding carboxylic acids is 1. The molecule has 0 bridgehead atoms. The maximum atomic E-state index is 12.8. The monoisotopic (exact) mass is 438 g/mol. The number of nitriles is 1. The van der Waals surface area contributed by atoms with Crippen LogP contribution in [0, 0.1) is 11.3 Å². The standard InChI is InChI=1S/C26H22N4O3/c1-2-3-13-28-25(31)19(16-27)14-20-17-30(21-10-5-4-6-11-21)29-24(20)22-15-18-9-7-8-12-23(18)33-26(22)32/h4-12,14-15,17H,2-3,13H2,1H3,(H,28,31). The number of para-hydroxylation sites is 2. The van der Waals surface area contributed by atoms with Gasteiger partial charge in [0.05, 0.1) is 11.3 Å². The molecule has 7 heteroatoms. The van der Waals surface area contributed by atoms with Crippen molar-refractivity contribution in [2.24, 2.45) is 0 Å². The van der Waals surface area contributed by atoms with Crippen LogP contribution in [0.25, 0.3) is 34.0 Å². The second-order valence-corrected chi connectivity index (χ2v) is 7.48. The predicted molar refractivity (Wildman–Crippen MR) is 127 cm³/mol. The van der Waals surface area contributed by atoms with Crippen molar-refractivity contribution in [2.45, 2.75) is 19.8 Å². The summed E-state index contributed by atoms with van der Waals surface area (Å²) < 4.78 is 7.10. The Hall–Kier alpha value is -4.44. The smallest absolute Gasteiger partial charge is 0.345 e. The van der Waals surface area contributed by atoms with E-state index in [4.69, 9.17) is 4.42 Å². The summed E-state index contributed by atoms with van der Waals surface area (Å²) in [6.07, 6.45) is 4.89. The van der Waals surface area contributed by atoms with E-state index in [1.807, 2.05) is 55.5 Å². The maximum Gasteiger partial charge on any atom is 0.345 e. The Morgan fingerprint density at radius 1 is 1.18 bits per heavy atom. The number of hydrogen-bond donors (Lipinski definition) is 1. The second-order valence-electron chi connectivity index (χ2n) is 7.48. The molecular formula is C26H22N4O3. The van der Waals surface area contributed by atoms with Gasteiger partial charge in [0.15, 0.2) is 0 Å². The van der Waals surface area contributed by atoms with Crippen molar-refractivity contribution in [3.63, 3.8) is 0 Å². The summed E-state index contributed by atoms with van der Waals surface area (Å²) in [5.41, 5.74) is 1.67. The van der Waals surface area contributed by atoms with Gasteiger partial charge >= 0.3 is 5.63 Å². The van der Waals surface area contributed by atoms with Gasteiger partial charge in [-0.1, -0.05) is 49.7 Å². The Morgan fingerprint density at radius 3 is 2.70 bits per heavy atom. The van der Waals surface area contributed by atoms with E-state index in [1.165, 1.54) is 6.08 Å². The fourth-order valence-electron chi connectivity index (χ4n) is 3.42. The number of nitrogens with zero attached hydrogens (tertiary/aromatic N) is 3. The van der Waals surface area contributed by atoms with Gasteiger partial charge < -0.3 is 9.73 Å². The van der Waals surface area contributed by atoms with Crippen LogP contribution in [0.5, 0.6) is 0 Å². The summed E-state index contributed by atoms with van der Waals surface area (Å²) in [4.78, 5) is 25.3. The lowest BCUT2D eigenvalue weighted by Crippen LogP contribution is -2.25. The number of unbranched alkanes of at least 4 members (excludes halogenated alkanes) is 1. The molecule has 7 nitrogen and oxygen atoms in total. The molecule has 0 unspecified atom stereocenters. The molecule has 2 heterocycles. The zero-order chi connectivity index (χ0) is 23.2. The van der Waals surface area contributed by atoms with Crippen molar-refractivity contribution in [3.05, 3.63) is 88.4 Å². The molecule has 4 aromatic rings. The van der Waals surface area contributed by atoms with Crippen LogP contribution < -0.4 is 10.9 Å². The van der Waals surface area contributed by atoms with Gasteiger partial charge in [-0.25, -0.2) is 9.48 Å². The average molecular weight is 438 g/mol. The van der Waals surface area contributed by atoms with Crippen molar-refractivity contribution in [3.8, 4) is 23.0 Å². The predicted octanol–water partition coefficient (Wildman–Crippen LogP) is 4.47. The Morgan fingerprint density at radius 2 is 1.94 bits per heavy atom. The fourth-order valence-corrected chi connectivity index (χ4v) is 3.42. The maximum absolute atomic E-state index is 12.8. The van der Waals surface area contributed by atoms with Gasteiger partial charge in [-0.2, -0.15) is 10.4 Å². The molecule has 0 aliphatic heterocycles. The number of rotatable bonds is 7. The Balaban J connectivity index is 1.85. The van der Waals surface area contributed by atoms with Crippen LogP contribution in [0.1, 0.15) is 25.3 Å². The highest BCUT2D eigenvalue weighted by atomic mass is 16.4. The van der Waals surface area contributed by atoms with Crippen LogP contribution in [0.2, 0.25) is 0 Å². The van der Waals surface area contributed by atoms with Gasteiger partial charge in [0.1, 0.15) is 22.9 Å². The van der Waals surface area contributed by atoms with Crippen molar-refractivity contribution in [2.75, 3.05) is 6.54 Å². The largest absolute Gasteiger partial charge is 0.422 e. The molecule has 33 heavy (non-hydrogen) atoms. The lowest BCUT2D eigenvalue weighted by molar-refractivity contribution is -0.117. The number of benzene rings is 2. The zero-order valence-corrected chi connectivity index (χ0v) is 18.1. The molecule has 0 saturated carbocycles. The zero-order valence-electron chi connectivity index (χ0n) is 18.1. The summed E-state index contributed by atoms with van der Waals surface area (Å²) in [7, 11) is 0. The van der Waals surface area contributed by atoms with E-state index in [2.05, 4.69) is 10.4 Å². The Bertz CT molecular complexity index is 1430. The summed E-state index contributed by atoms with van der Waals surface area (Å²) in [5, 5.41) is 17.7. The molecule has 164 valence electrons. The molecule has 0 fully saturated rings. The number of amides is 1. The number of carbonyl (C=O) groups is 1. The van der Waals surface area contributed by atoms with Gasteiger partial charge in [-0.3, -0.25) is 4.79 Å². The first-order chi connectivity index (χ1) is 16.1. The van der Waals surface area contributed by atoms with E-state index in [0.717, 1.165) is 23.9 Å². The summed E-state index contributed by atoms with van der Waals surface area (Å²) in [6.45, 7) is 2.51. The number of aromatic nitrogens is 2. The van der Waals surface area contributed by atoms with Crippen molar-refractivity contribution in [1.82, 2.24) is 15.1 Å². The minimum absolute atomic E-state index is 0.0647. The van der Waals surface area contributed by atoms with Crippen molar-refractivity contribution in [1.29, 1.82) is 5.26 Å². The third-order valence-electron chi connectivity index (χ3n) is 5.14. The van der Waals surface area contributed by atoms with Crippen molar-refractivity contribution >= 4 is 23.0 Å². The van der Waals surface area contributed by atoms with Crippen LogP contribution in [-0.2, 0) is 4.79 Å². The molecule has 0 radical (unpaired) electrons. The molecule has 1 amide bonds. The lowest BCUT2D eigenvalue weighted by atomic mass is 10.1. The molecule has 2 aromatic heterocycles. The van der Waals surface area contributed by atoms with Gasteiger partial charge in [-0.05, 0) is 36.8 Å². The topological polar surface area (TPSA) is 101 Å². The minimum Gasteiger partial charge on any atom is -0.422 e. The average Bonchev–Trinajstić information content (AvgIpc) is 3.26. The Labute approximate surface area is 190 Å². The quantitative estimate of drug-likeness (QED) is 0.199. The first-order valence-electron chi connectivity index (χ1n) is 10.7. The van der Waals surface area contributed by atoms with E-state index >= 15 is 0 Å². The third kappa shape index (κ3) is 4.75. The van der Waals surface area contributed by atoms with Crippen LogP contribution >= 0.6 is 0 Å². The van der Waals surface area contributed by atoms with Crippen molar-refractivity contribution < 1.29 is 9.21 Å². The van der Waals surface area contributed by atoms with Crippen LogP contribution in [0.15, 0.2) is 81.6 Å². The van der Waals surface area contributed by atoms with E-state index in [1.54, 1.807) is 29.1 Å². The molecule has 1 N–H and O–H groups in total. The summed E-state index contributed by atoms with van der Waals surface area (Å²) >= 11 is 0. The molecule has 0 atom stereocenters. The first-order valence-corrected chi connectivity index (χ1v) is 10.7. The fraction of sp³-hybridized carbons (Fsp3) is 0.154. The molecule has 0 aliphatic carbocycles. The van der Waals surface area contributed by atoms with Crippen LogP contribution in [-0.4, -0.2) is 22.2 Å². The third-order valence-corrected chi connectivity index (χ3v) is 5.14. The van der Waals surface area contributed by atoms with Gasteiger partial charge in [0.2, 0.25) is 0 Å². The minimum atomic E-state index is -0.549. The van der Waals surface area contributed by atoms with Gasteiger partial charge in [0, 0.05) is 23.7 Å². The normalized spacial score (nSPS) is 11.3. The molecule has 4 rings (SSSR count). The van der Waals surface area contributed by atoms with E-state index in [-0.39, 0.29) is 11.1 Å². The molecule has 0 saturated heterocycles. The highest BCUT2D eigenvalue weighted by molar-refractivity contribution is 6.02. The first kappa shape index (κ1) is 21.8. The number of nitrogens with one attached hydrogen (secondary N) is 1. The van der Waals surface area contributed by atoms with E-state index in [0.29, 0.717) is 23.4 Å². The van der Waals surface area contributed by atoms with E-state index < -0.39 is 11.5 Å². The second kappa shape index (κ2) is 9.79.